The molecule has 2 aliphatic rings. The summed E-state index contributed by atoms with van der Waals surface area (Å²) in [4.78, 5) is 24.6. The van der Waals surface area contributed by atoms with Crippen LogP contribution in [0.1, 0.15) is 25.7 Å². The second-order valence-electron chi connectivity index (χ2n) is 4.59. The van der Waals surface area contributed by atoms with E-state index < -0.39 is 12.0 Å². The summed E-state index contributed by atoms with van der Waals surface area (Å²) in [7, 11) is 0. The lowest BCUT2D eigenvalue weighted by Gasteiger charge is -2.35. The van der Waals surface area contributed by atoms with E-state index in [0.29, 0.717) is 13.1 Å². The second kappa shape index (κ2) is 4.82. The van der Waals surface area contributed by atoms with Gasteiger partial charge in [0, 0.05) is 13.1 Å². The number of carbonyl (C=O) groups is 2. The van der Waals surface area contributed by atoms with Crippen LogP contribution in [0, 0.1) is 5.92 Å². The first-order chi connectivity index (χ1) is 7.70. The van der Waals surface area contributed by atoms with Crippen molar-refractivity contribution < 1.29 is 14.7 Å². The summed E-state index contributed by atoms with van der Waals surface area (Å²) in [5, 5.41) is 12.3. The standard InChI is InChI=1S/C11H18N2O3/c14-9-7-12-5-6-13(9)10(11(15)16)8-3-1-2-4-8/h8,10,12H,1-7H2,(H,15,16). The van der Waals surface area contributed by atoms with Gasteiger partial charge in [0.05, 0.1) is 6.54 Å². The fourth-order valence-electron chi connectivity index (χ4n) is 2.78. The molecule has 2 N–H and O–H groups in total. The third-order valence-corrected chi connectivity index (χ3v) is 3.56. The molecule has 5 heteroatoms. The Morgan fingerprint density at radius 3 is 2.69 bits per heavy atom. The summed E-state index contributed by atoms with van der Waals surface area (Å²) < 4.78 is 0. The van der Waals surface area contributed by atoms with Crippen LogP contribution in [0.5, 0.6) is 0 Å². The number of nitrogens with one attached hydrogen (secondary N) is 1. The molecule has 1 aliphatic carbocycles. The molecule has 2 fully saturated rings. The first kappa shape index (κ1) is 11.4. The van der Waals surface area contributed by atoms with E-state index in [9.17, 15) is 14.7 Å². The first-order valence-corrected chi connectivity index (χ1v) is 5.93. The molecule has 1 amide bonds. The molecule has 90 valence electrons. The molecular weight excluding hydrogens is 208 g/mol. The topological polar surface area (TPSA) is 69.6 Å². The van der Waals surface area contributed by atoms with Gasteiger partial charge in [0.2, 0.25) is 5.91 Å². The number of hydrogen-bond donors (Lipinski definition) is 2. The number of carbonyl (C=O) groups excluding carboxylic acids is 1. The number of rotatable bonds is 3. The van der Waals surface area contributed by atoms with Gasteiger partial charge in [-0.1, -0.05) is 12.8 Å². The Morgan fingerprint density at radius 1 is 1.44 bits per heavy atom. The van der Waals surface area contributed by atoms with Crippen LogP contribution >= 0.6 is 0 Å². The number of nitrogens with zero attached hydrogens (tertiary/aromatic N) is 1. The molecule has 2 rings (SSSR count). The van der Waals surface area contributed by atoms with Crippen molar-refractivity contribution in [2.24, 2.45) is 5.92 Å². The molecule has 0 bridgehead atoms. The molecule has 0 radical (unpaired) electrons. The van der Waals surface area contributed by atoms with Gasteiger partial charge in [-0.05, 0) is 18.8 Å². The number of carboxylic acid groups (broad SMARTS) is 1. The van der Waals surface area contributed by atoms with Crippen LogP contribution in [0.2, 0.25) is 0 Å². The normalized spacial score (nSPS) is 24.8. The Balaban J connectivity index is 2.10. The molecule has 0 aromatic rings. The molecule has 1 unspecified atom stereocenters. The SMILES string of the molecule is O=C(O)C(C1CCCC1)N1CCNCC1=O. The van der Waals surface area contributed by atoms with Crippen LogP contribution in [0.4, 0.5) is 0 Å². The van der Waals surface area contributed by atoms with Gasteiger partial charge < -0.3 is 15.3 Å². The smallest absolute Gasteiger partial charge is 0.326 e. The largest absolute Gasteiger partial charge is 0.480 e. The van der Waals surface area contributed by atoms with Gasteiger partial charge in [-0.2, -0.15) is 0 Å². The van der Waals surface area contributed by atoms with E-state index in [4.69, 9.17) is 0 Å². The fourth-order valence-corrected chi connectivity index (χ4v) is 2.78. The lowest BCUT2D eigenvalue weighted by Crippen LogP contribution is -2.56. The van der Waals surface area contributed by atoms with Gasteiger partial charge in [0.15, 0.2) is 0 Å². The zero-order valence-electron chi connectivity index (χ0n) is 9.32. The lowest BCUT2D eigenvalue weighted by atomic mass is 9.96. The molecule has 1 heterocycles. The minimum absolute atomic E-state index is 0.0782. The van der Waals surface area contributed by atoms with Gasteiger partial charge >= 0.3 is 5.97 Å². The maximum absolute atomic E-state index is 11.7. The third kappa shape index (κ3) is 2.19. The van der Waals surface area contributed by atoms with Crippen molar-refractivity contribution in [3.63, 3.8) is 0 Å². The van der Waals surface area contributed by atoms with E-state index in [2.05, 4.69) is 5.32 Å². The van der Waals surface area contributed by atoms with Crippen molar-refractivity contribution >= 4 is 11.9 Å². The van der Waals surface area contributed by atoms with Gasteiger partial charge in [0.25, 0.3) is 0 Å². The van der Waals surface area contributed by atoms with E-state index in [0.717, 1.165) is 25.7 Å². The molecule has 0 aromatic heterocycles. The lowest BCUT2D eigenvalue weighted by molar-refractivity contribution is -0.153. The molecule has 1 saturated heterocycles. The summed E-state index contributed by atoms with van der Waals surface area (Å²) in [6.45, 7) is 1.49. The molecule has 1 saturated carbocycles. The molecule has 0 spiro atoms. The summed E-state index contributed by atoms with van der Waals surface area (Å²) in [5.74, 6) is -0.771. The first-order valence-electron chi connectivity index (χ1n) is 5.93. The number of piperazine rings is 1. The minimum Gasteiger partial charge on any atom is -0.480 e. The molecule has 0 aromatic carbocycles. The fraction of sp³-hybridized carbons (Fsp3) is 0.818. The maximum atomic E-state index is 11.7. The quantitative estimate of drug-likeness (QED) is 0.714. The van der Waals surface area contributed by atoms with Gasteiger partial charge in [-0.3, -0.25) is 4.79 Å². The molecule has 1 atom stereocenters. The summed E-state index contributed by atoms with van der Waals surface area (Å²) in [6, 6.07) is -0.600. The Labute approximate surface area is 94.8 Å². The van der Waals surface area contributed by atoms with Gasteiger partial charge in [-0.15, -0.1) is 0 Å². The monoisotopic (exact) mass is 226 g/mol. The van der Waals surface area contributed by atoms with E-state index >= 15 is 0 Å². The molecular formula is C11H18N2O3. The number of aliphatic carboxylic acids is 1. The molecule has 16 heavy (non-hydrogen) atoms. The van der Waals surface area contributed by atoms with Crippen LogP contribution in [0.25, 0.3) is 0 Å². The highest BCUT2D eigenvalue weighted by molar-refractivity contribution is 5.85. The Bertz CT molecular complexity index is 287. The number of amides is 1. The van der Waals surface area contributed by atoms with Crippen molar-refractivity contribution in [3.8, 4) is 0 Å². The van der Waals surface area contributed by atoms with Crippen LogP contribution in [0.15, 0.2) is 0 Å². The summed E-state index contributed by atoms with van der Waals surface area (Å²) >= 11 is 0. The van der Waals surface area contributed by atoms with E-state index in [1.165, 1.54) is 0 Å². The second-order valence-corrected chi connectivity index (χ2v) is 4.59. The predicted octanol–water partition coefficient (Wildman–Crippen LogP) is 0.0616. The van der Waals surface area contributed by atoms with Crippen LogP contribution < -0.4 is 5.32 Å². The Morgan fingerprint density at radius 2 is 2.12 bits per heavy atom. The van der Waals surface area contributed by atoms with Crippen LogP contribution in [0.3, 0.4) is 0 Å². The highest BCUT2D eigenvalue weighted by Gasteiger charge is 2.38. The van der Waals surface area contributed by atoms with E-state index in [-0.39, 0.29) is 18.4 Å². The van der Waals surface area contributed by atoms with E-state index in [1.54, 1.807) is 4.90 Å². The zero-order chi connectivity index (χ0) is 11.5. The average molecular weight is 226 g/mol. The highest BCUT2D eigenvalue weighted by Crippen LogP contribution is 2.30. The summed E-state index contributed by atoms with van der Waals surface area (Å²) in [5.41, 5.74) is 0. The van der Waals surface area contributed by atoms with Crippen molar-refractivity contribution in [2.75, 3.05) is 19.6 Å². The Hall–Kier alpha value is -1.10. The molecule has 1 aliphatic heterocycles. The average Bonchev–Trinajstić information content (AvgIpc) is 2.74. The van der Waals surface area contributed by atoms with Gasteiger partial charge in [0.1, 0.15) is 6.04 Å². The highest BCUT2D eigenvalue weighted by atomic mass is 16.4. The minimum atomic E-state index is -0.845. The number of carboxylic acids is 1. The number of hydrogen-bond acceptors (Lipinski definition) is 3. The maximum Gasteiger partial charge on any atom is 0.326 e. The summed E-state index contributed by atoms with van der Waals surface area (Å²) in [6.07, 6.45) is 4.06. The van der Waals surface area contributed by atoms with Crippen LogP contribution in [-0.4, -0.2) is 47.6 Å². The van der Waals surface area contributed by atoms with Crippen molar-refractivity contribution in [2.45, 2.75) is 31.7 Å². The van der Waals surface area contributed by atoms with Crippen molar-refractivity contribution in [3.05, 3.63) is 0 Å². The third-order valence-electron chi connectivity index (χ3n) is 3.56. The Kier molecular flexibility index (Phi) is 3.43. The van der Waals surface area contributed by atoms with E-state index in [1.807, 2.05) is 0 Å². The molecule has 5 nitrogen and oxygen atoms in total. The van der Waals surface area contributed by atoms with Crippen molar-refractivity contribution in [1.82, 2.24) is 10.2 Å². The van der Waals surface area contributed by atoms with Crippen molar-refractivity contribution in [1.29, 1.82) is 0 Å². The zero-order valence-corrected chi connectivity index (χ0v) is 9.32. The predicted molar refractivity (Wildman–Crippen MR) is 58.0 cm³/mol. The van der Waals surface area contributed by atoms with Crippen LogP contribution in [-0.2, 0) is 9.59 Å². The van der Waals surface area contributed by atoms with Gasteiger partial charge in [-0.25, -0.2) is 4.79 Å².